The highest BCUT2D eigenvalue weighted by atomic mass is 32.1. The van der Waals surface area contributed by atoms with Crippen LogP contribution in [0, 0.1) is 0 Å². The molecule has 0 bridgehead atoms. The average Bonchev–Trinajstić information content (AvgIpc) is 2.80. The number of hydrogen-bond donors (Lipinski definition) is 4. The number of amides is 2. The summed E-state index contributed by atoms with van der Waals surface area (Å²) in [5.74, 6) is -2.68. The summed E-state index contributed by atoms with van der Waals surface area (Å²) >= 11 is 1.48. The van der Waals surface area contributed by atoms with Gasteiger partial charge in [-0.05, 0) is 29.3 Å². The van der Waals surface area contributed by atoms with Crippen molar-refractivity contribution in [2.75, 3.05) is 0 Å². The van der Waals surface area contributed by atoms with Gasteiger partial charge in [-0.2, -0.15) is 11.3 Å². The molecule has 0 radical (unpaired) electrons. The molecule has 7 nitrogen and oxygen atoms in total. The molecule has 2 amide bonds. The number of carboxylic acid groups (broad SMARTS) is 2. The van der Waals surface area contributed by atoms with Crippen molar-refractivity contribution in [3.8, 4) is 0 Å². The third-order valence-corrected chi connectivity index (χ3v) is 3.07. The highest BCUT2D eigenvalue weighted by molar-refractivity contribution is 7.07. The first-order valence-corrected chi connectivity index (χ1v) is 6.38. The van der Waals surface area contributed by atoms with Crippen LogP contribution in [0.5, 0.6) is 0 Å². The summed E-state index contributed by atoms with van der Waals surface area (Å²) in [6, 6.07) is -0.619. The summed E-state index contributed by atoms with van der Waals surface area (Å²) in [6.07, 6.45) is -0.671. The van der Waals surface area contributed by atoms with Crippen molar-refractivity contribution in [2.24, 2.45) is 0 Å². The van der Waals surface area contributed by atoms with Crippen molar-refractivity contribution in [1.29, 1.82) is 0 Å². The van der Waals surface area contributed by atoms with Crippen molar-refractivity contribution in [3.63, 3.8) is 0 Å². The van der Waals surface area contributed by atoms with Gasteiger partial charge >= 0.3 is 18.0 Å². The van der Waals surface area contributed by atoms with Crippen LogP contribution in [-0.4, -0.2) is 34.2 Å². The Labute approximate surface area is 113 Å². The lowest BCUT2D eigenvalue weighted by atomic mass is 10.2. The topological polar surface area (TPSA) is 116 Å². The number of aliphatic carboxylic acids is 2. The Kier molecular flexibility index (Phi) is 5.31. The molecule has 0 saturated heterocycles. The molecule has 0 aliphatic rings. The van der Waals surface area contributed by atoms with E-state index >= 15 is 0 Å². The van der Waals surface area contributed by atoms with E-state index in [1.807, 2.05) is 16.8 Å². The summed E-state index contributed by atoms with van der Waals surface area (Å²) < 4.78 is 0. The minimum atomic E-state index is -1.45. The van der Waals surface area contributed by atoms with Crippen LogP contribution >= 0.6 is 11.3 Å². The van der Waals surface area contributed by atoms with Crippen LogP contribution in [0.2, 0.25) is 0 Å². The number of carboxylic acids is 2. The van der Waals surface area contributed by atoms with Gasteiger partial charge in [-0.25, -0.2) is 9.59 Å². The van der Waals surface area contributed by atoms with Crippen molar-refractivity contribution in [2.45, 2.75) is 25.4 Å². The molecule has 0 spiro atoms. The molecule has 0 aliphatic heterocycles. The van der Waals surface area contributed by atoms with Crippen LogP contribution in [0.25, 0.3) is 0 Å². The molecule has 1 aromatic heterocycles. The summed E-state index contributed by atoms with van der Waals surface area (Å²) in [7, 11) is 0. The van der Waals surface area contributed by atoms with Gasteiger partial charge in [0.1, 0.15) is 6.04 Å². The van der Waals surface area contributed by atoms with Crippen LogP contribution < -0.4 is 10.6 Å². The predicted molar refractivity (Wildman–Crippen MR) is 68.1 cm³/mol. The Hall–Kier alpha value is -2.09. The van der Waals surface area contributed by atoms with E-state index < -0.39 is 30.4 Å². The second-order valence-electron chi connectivity index (χ2n) is 3.88. The molecule has 19 heavy (non-hydrogen) atoms. The minimum Gasteiger partial charge on any atom is -0.481 e. The normalized spacial score (nSPS) is 13.3. The van der Waals surface area contributed by atoms with Crippen LogP contribution in [0.4, 0.5) is 4.79 Å². The first-order valence-electron chi connectivity index (χ1n) is 5.44. The number of urea groups is 1. The molecule has 8 heteroatoms. The standard InChI is InChI=1S/C11H14N2O5S/c1-6(7-2-3-19-5-7)12-11(18)13-8(10(16)17)4-9(14)15/h2-3,5-6,8H,4H2,1H3,(H,14,15)(H,16,17)(H2,12,13,18). The van der Waals surface area contributed by atoms with Gasteiger partial charge in [0.15, 0.2) is 0 Å². The zero-order valence-corrected chi connectivity index (χ0v) is 10.9. The fraction of sp³-hybridized carbons (Fsp3) is 0.364. The lowest BCUT2D eigenvalue weighted by Crippen LogP contribution is -2.47. The van der Waals surface area contributed by atoms with E-state index in [9.17, 15) is 14.4 Å². The quantitative estimate of drug-likeness (QED) is 0.623. The van der Waals surface area contributed by atoms with E-state index in [1.165, 1.54) is 11.3 Å². The number of carbonyl (C=O) groups excluding carboxylic acids is 1. The molecule has 1 rings (SSSR count). The second-order valence-corrected chi connectivity index (χ2v) is 4.66. The molecule has 4 N–H and O–H groups in total. The maximum absolute atomic E-state index is 11.6. The SMILES string of the molecule is CC(NC(=O)NC(CC(=O)O)C(=O)O)c1ccsc1. The van der Waals surface area contributed by atoms with Crippen molar-refractivity contribution < 1.29 is 24.6 Å². The Bertz CT molecular complexity index is 460. The van der Waals surface area contributed by atoms with Gasteiger partial charge in [-0.15, -0.1) is 0 Å². The highest BCUT2D eigenvalue weighted by Gasteiger charge is 2.23. The number of hydrogen-bond acceptors (Lipinski definition) is 4. The Morgan fingerprint density at radius 1 is 1.32 bits per heavy atom. The fourth-order valence-electron chi connectivity index (χ4n) is 1.38. The van der Waals surface area contributed by atoms with Crippen molar-refractivity contribution >= 4 is 29.3 Å². The average molecular weight is 286 g/mol. The highest BCUT2D eigenvalue weighted by Crippen LogP contribution is 2.15. The molecule has 0 aromatic carbocycles. The molecule has 1 aromatic rings. The second kappa shape index (κ2) is 6.74. The van der Waals surface area contributed by atoms with Gasteiger partial charge in [0.25, 0.3) is 0 Å². The van der Waals surface area contributed by atoms with Crippen LogP contribution in [0.3, 0.4) is 0 Å². The van der Waals surface area contributed by atoms with Gasteiger partial charge in [0.05, 0.1) is 12.5 Å². The van der Waals surface area contributed by atoms with Gasteiger partial charge in [0, 0.05) is 0 Å². The number of nitrogens with one attached hydrogen (secondary N) is 2. The maximum Gasteiger partial charge on any atom is 0.326 e. The van der Waals surface area contributed by atoms with Crippen LogP contribution in [0.15, 0.2) is 16.8 Å². The van der Waals surface area contributed by atoms with E-state index in [0.29, 0.717) is 0 Å². The smallest absolute Gasteiger partial charge is 0.326 e. The largest absolute Gasteiger partial charge is 0.481 e. The molecule has 104 valence electrons. The number of carbonyl (C=O) groups is 3. The predicted octanol–water partition coefficient (Wildman–Crippen LogP) is 1.04. The van der Waals surface area contributed by atoms with E-state index in [0.717, 1.165) is 5.56 Å². The number of rotatable bonds is 6. The van der Waals surface area contributed by atoms with Crippen LogP contribution in [0.1, 0.15) is 24.9 Å². The molecule has 0 saturated carbocycles. The Morgan fingerprint density at radius 3 is 2.47 bits per heavy atom. The summed E-state index contributed by atoms with van der Waals surface area (Å²) in [4.78, 5) is 32.8. The molecule has 0 aliphatic carbocycles. The maximum atomic E-state index is 11.6. The molecule has 0 fully saturated rings. The first kappa shape index (κ1) is 15.0. The van der Waals surface area contributed by atoms with Gasteiger partial charge < -0.3 is 20.8 Å². The molecule has 2 unspecified atom stereocenters. The van der Waals surface area contributed by atoms with Gasteiger partial charge in [-0.3, -0.25) is 4.79 Å². The zero-order chi connectivity index (χ0) is 14.4. The Morgan fingerprint density at radius 2 is 2.00 bits per heavy atom. The molecular formula is C11H14N2O5S. The zero-order valence-electron chi connectivity index (χ0n) is 10.1. The summed E-state index contributed by atoms with van der Waals surface area (Å²) in [5.41, 5.74) is 0.894. The lowest BCUT2D eigenvalue weighted by Gasteiger charge is -2.16. The summed E-state index contributed by atoms with van der Waals surface area (Å²) in [6.45, 7) is 1.74. The van der Waals surface area contributed by atoms with E-state index in [4.69, 9.17) is 10.2 Å². The van der Waals surface area contributed by atoms with Crippen molar-refractivity contribution in [3.05, 3.63) is 22.4 Å². The molecule has 1 heterocycles. The lowest BCUT2D eigenvalue weighted by molar-refractivity contribution is -0.145. The van der Waals surface area contributed by atoms with Crippen molar-refractivity contribution in [1.82, 2.24) is 10.6 Å². The third kappa shape index (κ3) is 4.96. The van der Waals surface area contributed by atoms with Gasteiger partial charge in [-0.1, -0.05) is 0 Å². The van der Waals surface area contributed by atoms with E-state index in [2.05, 4.69) is 10.6 Å². The Balaban J connectivity index is 2.53. The third-order valence-electron chi connectivity index (χ3n) is 2.37. The molecule has 2 atom stereocenters. The number of thiophene rings is 1. The van der Waals surface area contributed by atoms with Gasteiger partial charge in [0.2, 0.25) is 0 Å². The molecular weight excluding hydrogens is 272 g/mol. The fourth-order valence-corrected chi connectivity index (χ4v) is 2.13. The van der Waals surface area contributed by atoms with E-state index in [-0.39, 0.29) is 6.04 Å². The van der Waals surface area contributed by atoms with Crippen LogP contribution in [-0.2, 0) is 9.59 Å². The first-order chi connectivity index (χ1) is 8.90. The summed E-state index contributed by atoms with van der Waals surface area (Å²) in [5, 5.41) is 25.7. The minimum absolute atomic E-state index is 0.287. The monoisotopic (exact) mass is 286 g/mol. The van der Waals surface area contributed by atoms with E-state index in [1.54, 1.807) is 6.92 Å².